The number of hydrogen-bond donors (Lipinski definition) is 0. The summed E-state index contributed by atoms with van der Waals surface area (Å²) in [6.45, 7) is 0. The van der Waals surface area contributed by atoms with Gasteiger partial charge in [0.05, 0.1) is 5.75 Å². The van der Waals surface area contributed by atoms with Gasteiger partial charge in [-0.25, -0.2) is 4.39 Å². The number of amides is 1. The molecule has 0 fully saturated rings. The summed E-state index contributed by atoms with van der Waals surface area (Å²) in [5.74, 6) is -0.898. The van der Waals surface area contributed by atoms with Gasteiger partial charge < -0.3 is 0 Å². The van der Waals surface area contributed by atoms with E-state index in [1.807, 2.05) is 0 Å². The highest BCUT2D eigenvalue weighted by Crippen LogP contribution is 2.17. The van der Waals surface area contributed by atoms with Crippen LogP contribution in [0.3, 0.4) is 0 Å². The van der Waals surface area contributed by atoms with E-state index in [-0.39, 0.29) is 11.6 Å². The Bertz CT molecular complexity index is 290. The third kappa shape index (κ3) is 2.92. The van der Waals surface area contributed by atoms with Crippen molar-refractivity contribution in [3.8, 4) is 0 Å². The van der Waals surface area contributed by atoms with Crippen LogP contribution in [-0.2, 0) is 4.79 Å². The fraction of sp³-hybridized carbons (Fsp3) is 0.125. The lowest BCUT2D eigenvalue weighted by molar-refractivity contribution is -0.116. The lowest BCUT2D eigenvalue weighted by atomic mass is 10.4. The number of carbonyl (C=O) groups is 1. The van der Waals surface area contributed by atoms with E-state index in [2.05, 4.69) is 0 Å². The standard InChI is InChI=1S/C8H7FNOS/c9-6-2-1-3-7(4-6)12-5-8(10)11/h1-4,10H,5H2. The minimum Gasteiger partial charge on any atom is -0.272 e. The molecule has 1 radical (unpaired) electrons. The van der Waals surface area contributed by atoms with Crippen LogP contribution in [0.1, 0.15) is 0 Å². The molecule has 4 heteroatoms. The van der Waals surface area contributed by atoms with Crippen LogP contribution in [0.2, 0.25) is 0 Å². The fourth-order valence-corrected chi connectivity index (χ4v) is 1.37. The van der Waals surface area contributed by atoms with Gasteiger partial charge in [0.15, 0.2) is 0 Å². The van der Waals surface area contributed by atoms with Gasteiger partial charge in [-0.2, -0.15) is 0 Å². The minimum atomic E-state index is -0.649. The Labute approximate surface area is 74.0 Å². The van der Waals surface area contributed by atoms with Crippen LogP contribution in [-0.4, -0.2) is 11.7 Å². The van der Waals surface area contributed by atoms with Crippen molar-refractivity contribution >= 4 is 17.7 Å². The van der Waals surface area contributed by atoms with Crippen molar-refractivity contribution in [1.29, 1.82) is 0 Å². The fourth-order valence-electron chi connectivity index (χ4n) is 0.706. The molecule has 0 saturated heterocycles. The first kappa shape index (κ1) is 9.06. The summed E-state index contributed by atoms with van der Waals surface area (Å²) in [7, 11) is 0. The minimum absolute atomic E-state index is 0.0729. The van der Waals surface area contributed by atoms with Crippen LogP contribution >= 0.6 is 11.8 Å². The van der Waals surface area contributed by atoms with Crippen LogP contribution in [0.4, 0.5) is 4.39 Å². The van der Waals surface area contributed by atoms with Crippen molar-refractivity contribution in [3.05, 3.63) is 30.1 Å². The van der Waals surface area contributed by atoms with Crippen LogP contribution in [0.15, 0.2) is 29.2 Å². The molecule has 0 unspecified atom stereocenters. The molecule has 0 heterocycles. The van der Waals surface area contributed by atoms with E-state index in [0.29, 0.717) is 4.90 Å². The number of nitrogens with one attached hydrogen (secondary N) is 1. The molecule has 0 saturated carbocycles. The molecule has 1 rings (SSSR count). The lowest BCUT2D eigenvalue weighted by Crippen LogP contribution is -2.00. The van der Waals surface area contributed by atoms with Crippen molar-refractivity contribution in [2.75, 3.05) is 5.75 Å². The molecular weight excluding hydrogens is 177 g/mol. The number of carbonyl (C=O) groups excluding carboxylic acids is 1. The molecule has 1 N–H and O–H groups in total. The van der Waals surface area contributed by atoms with Gasteiger partial charge in [-0.3, -0.25) is 10.5 Å². The molecular formula is C8H7FNOS. The number of halogens is 1. The maximum absolute atomic E-state index is 12.5. The summed E-state index contributed by atoms with van der Waals surface area (Å²) < 4.78 is 12.5. The molecule has 12 heavy (non-hydrogen) atoms. The second kappa shape index (κ2) is 4.11. The molecule has 0 spiro atoms. The largest absolute Gasteiger partial charge is 0.272 e. The first-order valence-corrected chi connectivity index (χ1v) is 4.30. The van der Waals surface area contributed by atoms with E-state index in [1.54, 1.807) is 12.1 Å². The van der Waals surface area contributed by atoms with Gasteiger partial charge in [0, 0.05) is 4.90 Å². The SMILES string of the molecule is [NH]C(=O)CSc1cccc(F)c1. The summed E-state index contributed by atoms with van der Waals surface area (Å²) in [6, 6.07) is 5.96. The quantitative estimate of drug-likeness (QED) is 0.671. The molecule has 0 aromatic heterocycles. The molecule has 63 valence electrons. The van der Waals surface area contributed by atoms with E-state index in [4.69, 9.17) is 5.73 Å². The Hall–Kier alpha value is -1.03. The van der Waals surface area contributed by atoms with E-state index in [1.165, 1.54) is 23.9 Å². The van der Waals surface area contributed by atoms with Gasteiger partial charge in [-0.1, -0.05) is 6.07 Å². The highest BCUT2D eigenvalue weighted by Gasteiger charge is 1.98. The zero-order chi connectivity index (χ0) is 8.97. The maximum Gasteiger partial charge on any atom is 0.248 e. The van der Waals surface area contributed by atoms with Crippen LogP contribution in [0.25, 0.3) is 0 Å². The van der Waals surface area contributed by atoms with E-state index >= 15 is 0 Å². The van der Waals surface area contributed by atoms with E-state index < -0.39 is 5.91 Å². The maximum atomic E-state index is 12.5. The zero-order valence-corrected chi connectivity index (χ0v) is 7.03. The highest BCUT2D eigenvalue weighted by molar-refractivity contribution is 8.00. The van der Waals surface area contributed by atoms with Crippen LogP contribution in [0, 0.1) is 5.82 Å². The molecule has 1 aromatic carbocycles. The summed E-state index contributed by atoms with van der Waals surface area (Å²) in [5, 5.41) is 0. The average Bonchev–Trinajstić information content (AvgIpc) is 2.01. The van der Waals surface area contributed by atoms with Crippen LogP contribution in [0.5, 0.6) is 0 Å². The average molecular weight is 184 g/mol. The summed E-state index contributed by atoms with van der Waals surface area (Å²) in [5.41, 5.74) is 6.63. The Morgan fingerprint density at radius 2 is 2.33 bits per heavy atom. The first-order valence-electron chi connectivity index (χ1n) is 3.31. The van der Waals surface area contributed by atoms with Gasteiger partial charge in [0.2, 0.25) is 5.91 Å². The number of benzene rings is 1. The van der Waals surface area contributed by atoms with E-state index in [0.717, 1.165) is 0 Å². The van der Waals surface area contributed by atoms with Crippen molar-refractivity contribution in [3.63, 3.8) is 0 Å². The zero-order valence-electron chi connectivity index (χ0n) is 6.21. The van der Waals surface area contributed by atoms with Crippen LogP contribution < -0.4 is 5.73 Å². The highest BCUT2D eigenvalue weighted by atomic mass is 32.2. The molecule has 0 aliphatic heterocycles. The number of rotatable bonds is 3. The van der Waals surface area contributed by atoms with Gasteiger partial charge in [0.25, 0.3) is 0 Å². The Morgan fingerprint density at radius 3 is 2.92 bits per heavy atom. The predicted molar refractivity (Wildman–Crippen MR) is 45.2 cm³/mol. The van der Waals surface area contributed by atoms with Gasteiger partial charge in [-0.15, -0.1) is 11.8 Å². The Kier molecular flexibility index (Phi) is 3.10. The molecule has 1 aromatic rings. The molecule has 0 aliphatic rings. The summed E-state index contributed by atoms with van der Waals surface area (Å²) in [6.07, 6.45) is 0. The smallest absolute Gasteiger partial charge is 0.248 e. The van der Waals surface area contributed by atoms with Crippen molar-refractivity contribution < 1.29 is 9.18 Å². The molecule has 0 bridgehead atoms. The Morgan fingerprint density at radius 1 is 1.58 bits per heavy atom. The van der Waals surface area contributed by atoms with Crippen molar-refractivity contribution in [1.82, 2.24) is 5.73 Å². The van der Waals surface area contributed by atoms with E-state index in [9.17, 15) is 9.18 Å². The topological polar surface area (TPSA) is 40.9 Å². The molecule has 2 nitrogen and oxygen atoms in total. The van der Waals surface area contributed by atoms with Gasteiger partial charge >= 0.3 is 0 Å². The third-order valence-corrected chi connectivity index (χ3v) is 2.16. The molecule has 0 aliphatic carbocycles. The normalized spacial score (nSPS) is 9.75. The second-order valence-corrected chi connectivity index (χ2v) is 3.22. The Balaban J connectivity index is 2.57. The van der Waals surface area contributed by atoms with Gasteiger partial charge in [0.1, 0.15) is 5.82 Å². The van der Waals surface area contributed by atoms with Crippen molar-refractivity contribution in [2.45, 2.75) is 4.90 Å². The number of hydrogen-bond acceptors (Lipinski definition) is 2. The number of thioether (sulfide) groups is 1. The molecule has 0 atom stereocenters. The monoisotopic (exact) mass is 184 g/mol. The summed E-state index contributed by atoms with van der Waals surface area (Å²) >= 11 is 1.17. The second-order valence-electron chi connectivity index (χ2n) is 2.17. The lowest BCUT2D eigenvalue weighted by Gasteiger charge is -1.97. The predicted octanol–water partition coefficient (Wildman–Crippen LogP) is 1.73. The molecule has 1 amide bonds. The van der Waals surface area contributed by atoms with Gasteiger partial charge in [-0.05, 0) is 18.2 Å². The van der Waals surface area contributed by atoms with Crippen molar-refractivity contribution in [2.24, 2.45) is 0 Å². The summed E-state index contributed by atoms with van der Waals surface area (Å²) in [4.78, 5) is 10.9. The third-order valence-electron chi connectivity index (χ3n) is 1.17. The first-order chi connectivity index (χ1) is 5.68.